The molecule has 3 heterocycles. The van der Waals surface area contributed by atoms with Crippen LogP contribution >= 0.6 is 0 Å². The van der Waals surface area contributed by atoms with Gasteiger partial charge in [-0.05, 0) is 32.8 Å². The van der Waals surface area contributed by atoms with Crippen molar-refractivity contribution >= 4 is 35.0 Å². The number of hydrogen-bond acceptors (Lipinski definition) is 12. The van der Waals surface area contributed by atoms with Gasteiger partial charge in [0.2, 0.25) is 5.91 Å². The third-order valence-electron chi connectivity index (χ3n) is 6.41. The maximum atomic E-state index is 13.4. The number of carbonyl (C=O) groups excluding carboxylic acids is 3. The first kappa shape index (κ1) is 30.6. The lowest BCUT2D eigenvalue weighted by Crippen LogP contribution is -2.55. The van der Waals surface area contributed by atoms with E-state index in [1.54, 1.807) is 20.8 Å². The Morgan fingerprint density at radius 1 is 1.17 bits per heavy atom. The zero-order valence-corrected chi connectivity index (χ0v) is 23.5. The molecule has 0 bridgehead atoms. The van der Waals surface area contributed by atoms with E-state index in [9.17, 15) is 24.6 Å². The van der Waals surface area contributed by atoms with E-state index in [0.717, 1.165) is 5.56 Å². The number of benzene rings is 1. The lowest BCUT2D eigenvalue weighted by atomic mass is 10.1. The predicted octanol–water partition coefficient (Wildman–Crippen LogP) is 0.561. The highest BCUT2D eigenvalue weighted by atomic mass is 16.6. The first-order valence-corrected chi connectivity index (χ1v) is 13.3. The van der Waals surface area contributed by atoms with Gasteiger partial charge in [-0.3, -0.25) is 14.2 Å². The number of aromatic nitrogens is 4. The molecule has 0 aliphatic carbocycles. The molecule has 2 aromatic heterocycles. The van der Waals surface area contributed by atoms with Crippen LogP contribution < -0.4 is 16.4 Å². The number of amides is 2. The van der Waals surface area contributed by atoms with Gasteiger partial charge in [0.25, 0.3) is 0 Å². The predicted molar refractivity (Wildman–Crippen MR) is 147 cm³/mol. The number of rotatable bonds is 10. The summed E-state index contributed by atoms with van der Waals surface area (Å²) in [5, 5.41) is 26.2. The van der Waals surface area contributed by atoms with Crippen molar-refractivity contribution in [2.75, 3.05) is 12.3 Å². The molecule has 1 aliphatic rings. The van der Waals surface area contributed by atoms with Gasteiger partial charge in [0.15, 0.2) is 17.7 Å². The molecule has 5 unspecified atom stereocenters. The molecule has 2 amide bonds. The molecule has 42 heavy (non-hydrogen) atoms. The van der Waals surface area contributed by atoms with Crippen LogP contribution in [0.2, 0.25) is 0 Å². The summed E-state index contributed by atoms with van der Waals surface area (Å²) in [6, 6.07) is 6.75. The highest BCUT2D eigenvalue weighted by molar-refractivity contribution is 5.86. The quantitative estimate of drug-likeness (QED) is 0.207. The Morgan fingerprint density at radius 3 is 2.60 bits per heavy atom. The number of aliphatic hydroxyl groups is 2. The number of esters is 1. The SMILES string of the molecule is CC(C)(C)OC(=O)NC(CCC(=O)OCc1ccccc1)C(=O)NC1C(CO)OC(n2cnc3c(N)ncnc32)C1O. The van der Waals surface area contributed by atoms with Crippen LogP contribution in [-0.2, 0) is 30.4 Å². The zero-order chi connectivity index (χ0) is 30.4. The van der Waals surface area contributed by atoms with Gasteiger partial charge in [0.1, 0.15) is 42.3 Å². The molecule has 0 radical (unpaired) electrons. The minimum absolute atomic E-state index is 0.0563. The molecule has 1 saturated heterocycles. The van der Waals surface area contributed by atoms with Crippen molar-refractivity contribution in [3.63, 3.8) is 0 Å². The summed E-state index contributed by atoms with van der Waals surface area (Å²) in [6.07, 6.45) is -2.08. The van der Waals surface area contributed by atoms with Crippen molar-refractivity contribution in [3.8, 4) is 0 Å². The Bertz CT molecular complexity index is 1390. The molecule has 15 nitrogen and oxygen atoms in total. The van der Waals surface area contributed by atoms with Crippen LogP contribution in [0, 0.1) is 0 Å². The molecule has 1 aromatic carbocycles. The molecule has 3 aromatic rings. The topological polar surface area (TPSA) is 213 Å². The van der Waals surface area contributed by atoms with Gasteiger partial charge < -0.3 is 40.8 Å². The number of ether oxygens (including phenoxy) is 3. The second-order valence-corrected chi connectivity index (χ2v) is 10.7. The number of imidazole rings is 1. The molecule has 226 valence electrons. The van der Waals surface area contributed by atoms with Crippen LogP contribution in [0.4, 0.5) is 10.6 Å². The summed E-state index contributed by atoms with van der Waals surface area (Å²) >= 11 is 0. The lowest BCUT2D eigenvalue weighted by molar-refractivity contribution is -0.145. The summed E-state index contributed by atoms with van der Waals surface area (Å²) in [4.78, 5) is 50.6. The molecule has 15 heteroatoms. The van der Waals surface area contributed by atoms with E-state index >= 15 is 0 Å². The lowest BCUT2D eigenvalue weighted by Gasteiger charge is -2.26. The normalized spacial score (nSPS) is 21.1. The van der Waals surface area contributed by atoms with Crippen LogP contribution in [0.15, 0.2) is 43.0 Å². The molecule has 0 saturated carbocycles. The Balaban J connectivity index is 1.45. The average Bonchev–Trinajstić information content (AvgIpc) is 3.50. The molecule has 1 fully saturated rings. The van der Waals surface area contributed by atoms with E-state index in [0.29, 0.717) is 5.52 Å². The molecule has 5 atom stereocenters. The zero-order valence-electron chi connectivity index (χ0n) is 23.5. The van der Waals surface area contributed by atoms with Crippen molar-refractivity contribution in [2.45, 2.75) is 76.3 Å². The number of hydrogen-bond donors (Lipinski definition) is 5. The Kier molecular flexibility index (Phi) is 9.55. The summed E-state index contributed by atoms with van der Waals surface area (Å²) in [5.41, 5.74) is 6.39. The maximum Gasteiger partial charge on any atom is 0.408 e. The fourth-order valence-corrected chi connectivity index (χ4v) is 4.42. The average molecular weight is 586 g/mol. The smallest absolute Gasteiger partial charge is 0.408 e. The second-order valence-electron chi connectivity index (χ2n) is 10.7. The minimum Gasteiger partial charge on any atom is -0.461 e. The van der Waals surface area contributed by atoms with Crippen molar-refractivity contribution in [2.24, 2.45) is 0 Å². The first-order chi connectivity index (χ1) is 20.0. The molecule has 4 rings (SSSR count). The Morgan fingerprint density at radius 2 is 1.90 bits per heavy atom. The van der Waals surface area contributed by atoms with Crippen molar-refractivity contribution < 1.29 is 38.8 Å². The van der Waals surface area contributed by atoms with Gasteiger partial charge in [-0.15, -0.1) is 0 Å². The highest BCUT2D eigenvalue weighted by Gasteiger charge is 2.46. The van der Waals surface area contributed by atoms with Crippen LogP contribution in [0.5, 0.6) is 0 Å². The number of nitrogens with zero attached hydrogens (tertiary/aromatic N) is 4. The minimum atomic E-state index is -1.36. The largest absolute Gasteiger partial charge is 0.461 e. The van der Waals surface area contributed by atoms with Gasteiger partial charge >= 0.3 is 12.1 Å². The van der Waals surface area contributed by atoms with E-state index in [1.807, 2.05) is 30.3 Å². The molecular weight excluding hydrogens is 550 g/mol. The van der Waals surface area contributed by atoms with Crippen LogP contribution in [0.3, 0.4) is 0 Å². The van der Waals surface area contributed by atoms with E-state index in [-0.39, 0.29) is 30.9 Å². The summed E-state index contributed by atoms with van der Waals surface area (Å²) in [6.45, 7) is 4.51. The first-order valence-electron chi connectivity index (χ1n) is 13.3. The van der Waals surface area contributed by atoms with Crippen molar-refractivity contribution in [1.29, 1.82) is 0 Å². The van der Waals surface area contributed by atoms with Crippen LogP contribution in [-0.4, -0.2) is 84.2 Å². The summed E-state index contributed by atoms with van der Waals surface area (Å²) in [5.74, 6) is -1.17. The maximum absolute atomic E-state index is 13.4. The highest BCUT2D eigenvalue weighted by Crippen LogP contribution is 2.32. The third kappa shape index (κ3) is 7.48. The van der Waals surface area contributed by atoms with Gasteiger partial charge in [-0.2, -0.15) is 0 Å². The van der Waals surface area contributed by atoms with Crippen LogP contribution in [0.25, 0.3) is 11.2 Å². The molecule has 1 aliphatic heterocycles. The molecular formula is C27H35N7O8. The number of anilines is 1. The second kappa shape index (κ2) is 13.1. The number of nitrogens with one attached hydrogen (secondary N) is 2. The standard InChI is InChI=1S/C27H35N7O8/c1-27(2,3)42-26(39)32-16(9-10-18(36)40-12-15-7-5-4-6-8-15)24(38)33-19-17(11-35)41-25(21(19)37)34-14-31-20-22(28)29-13-30-23(20)34/h4-8,13-14,16-17,19,21,25,35,37H,9-12H2,1-3H3,(H,32,39)(H,33,38)(H2,28,29,30). The van der Waals surface area contributed by atoms with Crippen molar-refractivity contribution in [3.05, 3.63) is 48.5 Å². The number of nitrogens with two attached hydrogens (primary N) is 1. The fraction of sp³-hybridized carbons (Fsp3) is 0.481. The summed E-state index contributed by atoms with van der Waals surface area (Å²) < 4.78 is 17.9. The number of alkyl carbamates (subject to hydrolysis) is 1. The number of aliphatic hydroxyl groups excluding tert-OH is 2. The number of fused-ring (bicyclic) bond motifs is 1. The van der Waals surface area contributed by atoms with Crippen LogP contribution in [0.1, 0.15) is 45.4 Å². The van der Waals surface area contributed by atoms with E-state index in [1.165, 1.54) is 17.2 Å². The molecule has 6 N–H and O–H groups in total. The monoisotopic (exact) mass is 585 g/mol. The Labute approximate surface area is 241 Å². The number of carbonyl (C=O) groups is 3. The Hall–Kier alpha value is -4.34. The fourth-order valence-electron chi connectivity index (χ4n) is 4.42. The van der Waals surface area contributed by atoms with E-state index in [4.69, 9.17) is 19.9 Å². The van der Waals surface area contributed by atoms with Gasteiger partial charge in [-0.1, -0.05) is 30.3 Å². The van der Waals surface area contributed by atoms with Crippen molar-refractivity contribution in [1.82, 2.24) is 30.2 Å². The van der Waals surface area contributed by atoms with Gasteiger partial charge in [0.05, 0.1) is 19.0 Å². The van der Waals surface area contributed by atoms with Gasteiger partial charge in [0, 0.05) is 6.42 Å². The number of nitrogen functional groups attached to an aromatic ring is 1. The van der Waals surface area contributed by atoms with E-state index in [2.05, 4.69) is 25.6 Å². The summed E-state index contributed by atoms with van der Waals surface area (Å²) in [7, 11) is 0. The third-order valence-corrected chi connectivity index (χ3v) is 6.41. The molecule has 0 spiro atoms. The van der Waals surface area contributed by atoms with Gasteiger partial charge in [-0.25, -0.2) is 19.7 Å². The van der Waals surface area contributed by atoms with E-state index < -0.39 is 60.7 Å².